The Morgan fingerprint density at radius 3 is 2.70 bits per heavy atom. The van der Waals surface area contributed by atoms with Crippen molar-refractivity contribution in [3.8, 4) is 0 Å². The minimum Gasteiger partial charge on any atom is -0.381 e. The molecule has 0 unspecified atom stereocenters. The highest BCUT2D eigenvalue weighted by atomic mass is 16.5. The van der Waals surface area contributed by atoms with Crippen molar-refractivity contribution < 1.29 is 14.3 Å². The lowest BCUT2D eigenvalue weighted by Gasteiger charge is -2.44. The number of nitrogens with one attached hydrogen (secondary N) is 1. The summed E-state index contributed by atoms with van der Waals surface area (Å²) in [6, 6.07) is 15.6. The van der Waals surface area contributed by atoms with Crippen LogP contribution in [-0.2, 0) is 23.1 Å². The molecule has 6 heteroatoms. The molecule has 2 aliphatic rings. The number of fused-ring (bicyclic) bond motifs is 2. The van der Waals surface area contributed by atoms with E-state index in [-0.39, 0.29) is 18.2 Å². The Hall–Kier alpha value is -3.12. The third-order valence-electron chi connectivity index (χ3n) is 6.51. The monoisotopic (exact) mass is 403 g/mol. The number of hydrogen-bond donors (Lipinski definition) is 1. The summed E-state index contributed by atoms with van der Waals surface area (Å²) < 4.78 is 7.62. The molecule has 0 bridgehead atoms. The third-order valence-corrected chi connectivity index (χ3v) is 6.51. The van der Waals surface area contributed by atoms with Crippen molar-refractivity contribution in [2.45, 2.75) is 31.3 Å². The van der Waals surface area contributed by atoms with Gasteiger partial charge in [0.2, 0.25) is 5.91 Å². The quantitative estimate of drug-likeness (QED) is 0.722. The first-order valence-corrected chi connectivity index (χ1v) is 10.4. The molecule has 3 aromatic rings. The second-order valence-electron chi connectivity index (χ2n) is 8.28. The number of benzene rings is 2. The number of carbonyl (C=O) groups excluding carboxylic acids is 2. The molecule has 3 heterocycles. The number of hydrogen-bond acceptors (Lipinski definition) is 3. The summed E-state index contributed by atoms with van der Waals surface area (Å²) in [5, 5.41) is 4.11. The van der Waals surface area contributed by atoms with Gasteiger partial charge in [0.25, 0.3) is 5.91 Å². The van der Waals surface area contributed by atoms with Gasteiger partial charge in [-0.15, -0.1) is 0 Å². The van der Waals surface area contributed by atoms with Crippen LogP contribution in [0.1, 0.15) is 35.2 Å². The molecule has 2 aliphatic heterocycles. The van der Waals surface area contributed by atoms with Crippen LogP contribution in [0.15, 0.2) is 54.7 Å². The number of aromatic nitrogens is 1. The summed E-state index contributed by atoms with van der Waals surface area (Å²) in [6.07, 6.45) is 3.57. The molecule has 30 heavy (non-hydrogen) atoms. The molecule has 6 nitrogen and oxygen atoms in total. The van der Waals surface area contributed by atoms with Gasteiger partial charge in [-0.25, -0.2) is 0 Å². The van der Waals surface area contributed by atoms with Gasteiger partial charge in [0.15, 0.2) is 0 Å². The summed E-state index contributed by atoms with van der Waals surface area (Å²) in [4.78, 5) is 28.3. The molecule has 1 aromatic heterocycles. The highest BCUT2D eigenvalue weighted by molar-refractivity contribution is 6.03. The lowest BCUT2D eigenvalue weighted by atomic mass is 9.84. The molecule has 154 valence electrons. The molecular weight excluding hydrogens is 378 g/mol. The predicted octanol–water partition coefficient (Wildman–Crippen LogP) is 3.71. The molecule has 1 fully saturated rings. The van der Waals surface area contributed by atoms with Gasteiger partial charge in [-0.05, 0) is 42.7 Å². The van der Waals surface area contributed by atoms with Gasteiger partial charge in [0, 0.05) is 49.5 Å². The van der Waals surface area contributed by atoms with Gasteiger partial charge in [0.05, 0.1) is 17.6 Å². The summed E-state index contributed by atoms with van der Waals surface area (Å²) >= 11 is 0. The molecule has 0 spiro atoms. The Balaban J connectivity index is 1.41. The van der Waals surface area contributed by atoms with Crippen LogP contribution in [0.25, 0.3) is 10.9 Å². The van der Waals surface area contributed by atoms with Gasteiger partial charge in [0.1, 0.15) is 0 Å². The average molecular weight is 403 g/mol. The van der Waals surface area contributed by atoms with E-state index in [9.17, 15) is 9.59 Å². The molecule has 5 rings (SSSR count). The normalized spacial score (nSPS) is 17.9. The smallest absolute Gasteiger partial charge is 0.254 e. The number of rotatable bonds is 4. The summed E-state index contributed by atoms with van der Waals surface area (Å²) in [6.45, 7) is 1.67. The molecule has 1 N–H and O–H groups in total. The van der Waals surface area contributed by atoms with E-state index in [1.165, 1.54) is 0 Å². The van der Waals surface area contributed by atoms with Crippen molar-refractivity contribution in [1.82, 2.24) is 9.47 Å². The second-order valence-corrected chi connectivity index (χ2v) is 8.28. The first kappa shape index (κ1) is 18.9. The number of carbonyl (C=O) groups is 2. The minimum atomic E-state index is -0.525. The summed E-state index contributed by atoms with van der Waals surface area (Å²) in [5.74, 6) is -0.0533. The Bertz CT molecular complexity index is 1130. The lowest BCUT2D eigenvalue weighted by molar-refractivity contribution is -0.120. The van der Waals surface area contributed by atoms with E-state index < -0.39 is 5.54 Å². The zero-order chi connectivity index (χ0) is 20.7. The first-order valence-electron chi connectivity index (χ1n) is 10.4. The van der Waals surface area contributed by atoms with Crippen molar-refractivity contribution >= 4 is 28.4 Å². The fraction of sp³-hybridized carbons (Fsp3) is 0.333. The molecular formula is C24H25N3O3. The van der Waals surface area contributed by atoms with Gasteiger partial charge in [-0.3, -0.25) is 9.59 Å². The van der Waals surface area contributed by atoms with Crippen molar-refractivity contribution in [3.63, 3.8) is 0 Å². The molecule has 0 aliphatic carbocycles. The number of ether oxygens (including phenoxy) is 1. The van der Waals surface area contributed by atoms with Crippen LogP contribution in [0.2, 0.25) is 0 Å². The fourth-order valence-corrected chi connectivity index (χ4v) is 4.84. The Morgan fingerprint density at radius 1 is 1.10 bits per heavy atom. The van der Waals surface area contributed by atoms with Crippen LogP contribution < -0.4 is 5.32 Å². The molecule has 2 amide bonds. The molecule has 2 aromatic carbocycles. The largest absolute Gasteiger partial charge is 0.381 e. The fourth-order valence-electron chi connectivity index (χ4n) is 4.84. The van der Waals surface area contributed by atoms with E-state index in [4.69, 9.17) is 4.74 Å². The maximum atomic E-state index is 13.2. The first-order chi connectivity index (χ1) is 14.6. The zero-order valence-corrected chi connectivity index (χ0v) is 17.1. The topological polar surface area (TPSA) is 63.6 Å². The van der Waals surface area contributed by atoms with Crippen LogP contribution in [0, 0.1) is 0 Å². The van der Waals surface area contributed by atoms with E-state index in [0.29, 0.717) is 32.6 Å². The van der Waals surface area contributed by atoms with E-state index in [0.717, 1.165) is 27.7 Å². The van der Waals surface area contributed by atoms with Crippen molar-refractivity contribution in [2.24, 2.45) is 7.05 Å². The standard InChI is InChI=1S/C24H25N3O3/c1-26-12-9-19-20(7-4-8-21(19)26)25-22(28)15-24(10-13-30-14-11-24)27-16-17-5-2-3-6-18(17)23(27)29/h2-9,12H,10-11,13-16H2,1H3,(H,25,28). The van der Waals surface area contributed by atoms with Crippen LogP contribution in [0.3, 0.4) is 0 Å². The maximum Gasteiger partial charge on any atom is 0.254 e. The zero-order valence-electron chi connectivity index (χ0n) is 17.1. The highest BCUT2D eigenvalue weighted by Crippen LogP contribution is 2.38. The van der Waals surface area contributed by atoms with Crippen LogP contribution >= 0.6 is 0 Å². The third kappa shape index (κ3) is 3.08. The van der Waals surface area contributed by atoms with E-state index in [1.54, 1.807) is 0 Å². The number of aryl methyl sites for hydroxylation is 1. The Morgan fingerprint density at radius 2 is 1.90 bits per heavy atom. The average Bonchev–Trinajstić information content (AvgIpc) is 3.30. The van der Waals surface area contributed by atoms with E-state index in [2.05, 4.69) is 5.32 Å². The van der Waals surface area contributed by atoms with E-state index in [1.807, 2.05) is 71.2 Å². The summed E-state index contributed by atoms with van der Waals surface area (Å²) in [7, 11) is 1.99. The van der Waals surface area contributed by atoms with Gasteiger partial charge in [-0.2, -0.15) is 0 Å². The molecule has 0 saturated carbocycles. The van der Waals surface area contributed by atoms with Crippen LogP contribution in [-0.4, -0.2) is 40.0 Å². The van der Waals surface area contributed by atoms with Gasteiger partial charge >= 0.3 is 0 Å². The minimum absolute atomic E-state index is 0.0189. The van der Waals surface area contributed by atoms with Gasteiger partial charge in [-0.1, -0.05) is 24.3 Å². The van der Waals surface area contributed by atoms with Crippen molar-refractivity contribution in [2.75, 3.05) is 18.5 Å². The maximum absolute atomic E-state index is 13.2. The SMILES string of the molecule is Cn1ccc2c(NC(=O)CC3(N4Cc5ccccc5C4=O)CCOCC3)cccc21. The summed E-state index contributed by atoms with van der Waals surface area (Å²) in [5.41, 5.74) is 3.12. The van der Waals surface area contributed by atoms with Gasteiger partial charge < -0.3 is 19.5 Å². The molecule has 0 atom stereocenters. The number of amides is 2. The van der Waals surface area contributed by atoms with Crippen LogP contribution in [0.5, 0.6) is 0 Å². The molecule has 0 radical (unpaired) electrons. The number of anilines is 1. The van der Waals surface area contributed by atoms with Crippen molar-refractivity contribution in [3.05, 3.63) is 65.9 Å². The lowest BCUT2D eigenvalue weighted by Crippen LogP contribution is -2.54. The van der Waals surface area contributed by atoms with E-state index >= 15 is 0 Å². The van der Waals surface area contributed by atoms with Crippen LogP contribution in [0.4, 0.5) is 5.69 Å². The predicted molar refractivity (Wildman–Crippen MR) is 115 cm³/mol. The Labute approximate surface area is 175 Å². The second kappa shape index (κ2) is 7.29. The molecule has 1 saturated heterocycles. The van der Waals surface area contributed by atoms with Crippen molar-refractivity contribution in [1.29, 1.82) is 0 Å². The highest BCUT2D eigenvalue weighted by Gasteiger charge is 2.46. The number of nitrogens with zero attached hydrogens (tertiary/aromatic N) is 2. The Kier molecular flexibility index (Phi) is 4.59.